The highest BCUT2D eigenvalue weighted by Gasteiger charge is 2.44. The minimum absolute atomic E-state index is 0.0938. The van der Waals surface area contributed by atoms with E-state index in [4.69, 9.17) is 0 Å². The Morgan fingerprint density at radius 2 is 2.00 bits per heavy atom. The maximum absolute atomic E-state index is 11.8. The van der Waals surface area contributed by atoms with Crippen LogP contribution in [0.1, 0.15) is 51.9 Å². The predicted molar refractivity (Wildman–Crippen MR) is 48.9 cm³/mol. The van der Waals surface area contributed by atoms with Gasteiger partial charge in [-0.05, 0) is 31.6 Å². The minimum atomic E-state index is 0.0938. The van der Waals surface area contributed by atoms with E-state index in [1.54, 1.807) is 0 Å². The molecule has 0 aromatic carbocycles. The fraction of sp³-hybridized carbons (Fsp3) is 0.909. The highest BCUT2D eigenvalue weighted by Crippen LogP contribution is 2.48. The van der Waals surface area contributed by atoms with Crippen LogP contribution in [0.2, 0.25) is 0 Å². The predicted octanol–water partition coefficient (Wildman–Crippen LogP) is 2.94. The standard InChI is InChI=1S/C11H18O/c1-11-8-4-6-9(11)5-2-3-7-10(11)12/h9H,2-8H2,1H3. The smallest absolute Gasteiger partial charge is 0.139 e. The van der Waals surface area contributed by atoms with Crippen molar-refractivity contribution in [2.24, 2.45) is 11.3 Å². The molecular weight excluding hydrogens is 148 g/mol. The number of ketones is 1. The lowest BCUT2D eigenvalue weighted by atomic mass is 9.75. The van der Waals surface area contributed by atoms with E-state index >= 15 is 0 Å². The van der Waals surface area contributed by atoms with E-state index in [1.807, 2.05) is 0 Å². The van der Waals surface area contributed by atoms with Crippen LogP contribution in [0.25, 0.3) is 0 Å². The van der Waals surface area contributed by atoms with E-state index in [0.717, 1.165) is 25.2 Å². The number of Topliss-reactive ketones (excluding diaryl/α,β-unsaturated/α-hetero) is 1. The second-order valence-electron chi connectivity index (χ2n) is 4.68. The topological polar surface area (TPSA) is 17.1 Å². The molecule has 2 fully saturated rings. The number of fused-ring (bicyclic) bond motifs is 1. The molecule has 0 aromatic rings. The van der Waals surface area contributed by atoms with Gasteiger partial charge in [0, 0.05) is 11.8 Å². The zero-order valence-electron chi connectivity index (χ0n) is 7.94. The van der Waals surface area contributed by atoms with Crippen molar-refractivity contribution in [2.75, 3.05) is 0 Å². The average molecular weight is 166 g/mol. The van der Waals surface area contributed by atoms with Crippen molar-refractivity contribution < 1.29 is 4.79 Å². The second-order valence-corrected chi connectivity index (χ2v) is 4.68. The van der Waals surface area contributed by atoms with Crippen molar-refractivity contribution in [2.45, 2.75) is 51.9 Å². The molecule has 0 radical (unpaired) electrons. The molecule has 2 saturated carbocycles. The third kappa shape index (κ3) is 1.10. The Morgan fingerprint density at radius 3 is 2.83 bits per heavy atom. The van der Waals surface area contributed by atoms with Gasteiger partial charge in [0.15, 0.2) is 0 Å². The Balaban J connectivity index is 2.23. The van der Waals surface area contributed by atoms with E-state index < -0.39 is 0 Å². The minimum Gasteiger partial charge on any atom is -0.299 e. The van der Waals surface area contributed by atoms with Crippen LogP contribution >= 0.6 is 0 Å². The molecule has 2 aliphatic carbocycles. The van der Waals surface area contributed by atoms with Crippen LogP contribution in [-0.2, 0) is 4.79 Å². The van der Waals surface area contributed by atoms with Crippen molar-refractivity contribution >= 4 is 5.78 Å². The molecule has 0 aliphatic heterocycles. The Labute approximate surface area is 74.5 Å². The summed E-state index contributed by atoms with van der Waals surface area (Å²) in [5.41, 5.74) is 0.0938. The molecule has 1 heteroatoms. The fourth-order valence-corrected chi connectivity index (χ4v) is 3.03. The summed E-state index contributed by atoms with van der Waals surface area (Å²) >= 11 is 0. The molecule has 0 heterocycles. The summed E-state index contributed by atoms with van der Waals surface area (Å²) in [6, 6.07) is 0. The normalized spacial score (nSPS) is 42.4. The van der Waals surface area contributed by atoms with Gasteiger partial charge in [-0.3, -0.25) is 4.79 Å². The summed E-state index contributed by atoms with van der Waals surface area (Å²) in [6.45, 7) is 2.21. The zero-order chi connectivity index (χ0) is 8.60. The molecule has 0 amide bonds. The van der Waals surface area contributed by atoms with Gasteiger partial charge in [0.1, 0.15) is 5.78 Å². The zero-order valence-corrected chi connectivity index (χ0v) is 7.94. The summed E-state index contributed by atoms with van der Waals surface area (Å²) < 4.78 is 0. The average Bonchev–Trinajstić information content (AvgIpc) is 2.37. The Kier molecular flexibility index (Phi) is 1.97. The maximum atomic E-state index is 11.8. The quantitative estimate of drug-likeness (QED) is 0.540. The van der Waals surface area contributed by atoms with Crippen LogP contribution in [-0.4, -0.2) is 5.78 Å². The van der Waals surface area contributed by atoms with E-state index in [2.05, 4.69) is 6.92 Å². The molecule has 0 bridgehead atoms. The van der Waals surface area contributed by atoms with Crippen LogP contribution in [0, 0.1) is 11.3 Å². The van der Waals surface area contributed by atoms with E-state index in [-0.39, 0.29) is 5.41 Å². The molecule has 12 heavy (non-hydrogen) atoms. The number of rotatable bonds is 0. The molecule has 0 aromatic heterocycles. The van der Waals surface area contributed by atoms with Gasteiger partial charge >= 0.3 is 0 Å². The van der Waals surface area contributed by atoms with Crippen LogP contribution < -0.4 is 0 Å². The van der Waals surface area contributed by atoms with Gasteiger partial charge in [-0.2, -0.15) is 0 Å². The van der Waals surface area contributed by atoms with Crippen LogP contribution in [0.15, 0.2) is 0 Å². The Hall–Kier alpha value is -0.330. The molecule has 2 unspecified atom stereocenters. The lowest BCUT2D eigenvalue weighted by Crippen LogP contribution is -2.29. The van der Waals surface area contributed by atoms with Gasteiger partial charge in [0.2, 0.25) is 0 Å². The van der Waals surface area contributed by atoms with Gasteiger partial charge in [0.05, 0.1) is 0 Å². The highest BCUT2D eigenvalue weighted by atomic mass is 16.1. The summed E-state index contributed by atoms with van der Waals surface area (Å²) in [5, 5.41) is 0. The van der Waals surface area contributed by atoms with Crippen molar-refractivity contribution in [1.82, 2.24) is 0 Å². The van der Waals surface area contributed by atoms with E-state index in [1.165, 1.54) is 25.7 Å². The third-order valence-electron chi connectivity index (χ3n) is 3.99. The first-order valence-corrected chi connectivity index (χ1v) is 5.27. The van der Waals surface area contributed by atoms with Crippen molar-refractivity contribution in [3.05, 3.63) is 0 Å². The molecular formula is C11H18O. The first kappa shape index (κ1) is 8.28. The highest BCUT2D eigenvalue weighted by molar-refractivity contribution is 5.85. The summed E-state index contributed by atoms with van der Waals surface area (Å²) in [5.74, 6) is 1.29. The summed E-state index contributed by atoms with van der Waals surface area (Å²) in [4.78, 5) is 11.8. The van der Waals surface area contributed by atoms with E-state index in [0.29, 0.717) is 5.78 Å². The third-order valence-corrected chi connectivity index (χ3v) is 3.99. The molecule has 0 saturated heterocycles. The van der Waals surface area contributed by atoms with Crippen LogP contribution in [0.3, 0.4) is 0 Å². The molecule has 0 spiro atoms. The van der Waals surface area contributed by atoms with E-state index in [9.17, 15) is 4.79 Å². The van der Waals surface area contributed by atoms with Gasteiger partial charge in [-0.1, -0.05) is 19.8 Å². The lowest BCUT2D eigenvalue weighted by molar-refractivity contribution is -0.129. The molecule has 2 aliphatic rings. The van der Waals surface area contributed by atoms with Gasteiger partial charge in [-0.25, -0.2) is 0 Å². The largest absolute Gasteiger partial charge is 0.299 e. The van der Waals surface area contributed by atoms with Crippen molar-refractivity contribution in [3.8, 4) is 0 Å². The number of carbonyl (C=O) groups excluding carboxylic acids is 1. The number of hydrogen-bond donors (Lipinski definition) is 0. The van der Waals surface area contributed by atoms with Crippen molar-refractivity contribution in [1.29, 1.82) is 0 Å². The van der Waals surface area contributed by atoms with Crippen molar-refractivity contribution in [3.63, 3.8) is 0 Å². The molecule has 68 valence electrons. The molecule has 2 atom stereocenters. The molecule has 0 N–H and O–H groups in total. The Bertz CT molecular complexity index is 197. The molecule has 2 rings (SSSR count). The SMILES string of the molecule is CC12CCCC1CCCCC2=O. The molecule has 1 nitrogen and oxygen atoms in total. The van der Waals surface area contributed by atoms with Gasteiger partial charge in [-0.15, -0.1) is 0 Å². The number of hydrogen-bond acceptors (Lipinski definition) is 1. The van der Waals surface area contributed by atoms with Crippen LogP contribution in [0.4, 0.5) is 0 Å². The lowest BCUT2D eigenvalue weighted by Gasteiger charge is -2.27. The summed E-state index contributed by atoms with van der Waals surface area (Å²) in [7, 11) is 0. The summed E-state index contributed by atoms with van der Waals surface area (Å²) in [6.07, 6.45) is 8.35. The first-order valence-electron chi connectivity index (χ1n) is 5.27. The fourth-order valence-electron chi connectivity index (χ4n) is 3.03. The monoisotopic (exact) mass is 166 g/mol. The van der Waals surface area contributed by atoms with Gasteiger partial charge in [0.25, 0.3) is 0 Å². The van der Waals surface area contributed by atoms with Gasteiger partial charge < -0.3 is 0 Å². The Morgan fingerprint density at radius 1 is 1.25 bits per heavy atom. The maximum Gasteiger partial charge on any atom is 0.139 e. The van der Waals surface area contributed by atoms with Crippen LogP contribution in [0.5, 0.6) is 0 Å². The first-order chi connectivity index (χ1) is 5.73. The second kappa shape index (κ2) is 2.86. The number of carbonyl (C=O) groups is 1.